The van der Waals surface area contributed by atoms with Crippen LogP contribution in [-0.2, 0) is 19.0 Å². The van der Waals surface area contributed by atoms with Gasteiger partial charge < -0.3 is 59.4 Å². The van der Waals surface area contributed by atoms with Crippen molar-refractivity contribution >= 4 is 17.8 Å². The van der Waals surface area contributed by atoms with E-state index in [0.717, 1.165) is 12.2 Å². The zero-order valence-corrected chi connectivity index (χ0v) is 23.2. The van der Waals surface area contributed by atoms with Crippen LogP contribution in [0.5, 0.6) is 17.2 Å². The lowest BCUT2D eigenvalue weighted by Crippen LogP contribution is -2.59. The molecule has 2 aromatic carbocycles. The van der Waals surface area contributed by atoms with Crippen LogP contribution in [0.15, 0.2) is 89.6 Å². The number of aliphatic hydroxyl groups is 7. The second-order valence-corrected chi connectivity index (χ2v) is 10.1. The van der Waals surface area contributed by atoms with Crippen molar-refractivity contribution in [1.82, 2.24) is 0 Å². The summed E-state index contributed by atoms with van der Waals surface area (Å²) in [4.78, 5) is 12.3. The molecule has 2 aliphatic heterocycles. The fraction of sp³-hybridized carbons (Fsp3) is 0.258. The maximum atomic E-state index is 12.3. The lowest BCUT2D eigenvalue weighted by molar-refractivity contribution is -0.291. The monoisotopic (exact) mass is 611 g/mol. The summed E-state index contributed by atoms with van der Waals surface area (Å²) in [5.41, 5.74) is 1.27. The Balaban J connectivity index is 1.38. The van der Waals surface area contributed by atoms with Gasteiger partial charge in [-0.1, -0.05) is 12.1 Å². The summed E-state index contributed by atoms with van der Waals surface area (Å²) in [5.74, 6) is -1.09. The molecule has 2 aromatic rings. The maximum Gasteiger partial charge on any atom is 0.330 e. The molecule has 0 bridgehead atoms. The molecule has 0 spiro atoms. The minimum Gasteiger partial charge on any atom is -0.571 e. The first-order valence-electron chi connectivity index (χ1n) is 13.4. The molecule has 6 unspecified atom stereocenters. The maximum absolute atomic E-state index is 12.3. The minimum atomic E-state index is -1.76. The van der Waals surface area contributed by atoms with E-state index in [2.05, 4.69) is 4.74 Å². The number of benzene rings is 2. The predicted molar refractivity (Wildman–Crippen MR) is 153 cm³/mol. The summed E-state index contributed by atoms with van der Waals surface area (Å²) < 4.78 is 26.7. The number of hydrogen-bond donors (Lipinski definition) is 7. The van der Waals surface area contributed by atoms with Gasteiger partial charge in [0.2, 0.25) is 18.2 Å². The van der Waals surface area contributed by atoms with Gasteiger partial charge in [-0.15, -0.1) is 0 Å². The molecule has 3 aliphatic rings. The third kappa shape index (κ3) is 6.50. The lowest BCUT2D eigenvalue weighted by atomic mass is 9.96. The number of allylic oxidation sites excluding steroid dienone is 2. The first kappa shape index (κ1) is 30.5. The number of ether oxygens (including phenoxy) is 5. The van der Waals surface area contributed by atoms with Gasteiger partial charge in [-0.25, -0.2) is 4.79 Å². The van der Waals surface area contributed by atoms with Gasteiger partial charge in [-0.05, 0) is 35.9 Å². The number of esters is 1. The van der Waals surface area contributed by atoms with E-state index in [0.29, 0.717) is 11.1 Å². The van der Waals surface area contributed by atoms with E-state index < -0.39 is 49.4 Å². The normalized spacial score (nSPS) is 26.6. The second kappa shape index (κ2) is 12.7. The van der Waals surface area contributed by atoms with Crippen molar-refractivity contribution in [2.45, 2.75) is 36.8 Å². The Morgan fingerprint density at radius 3 is 2.45 bits per heavy atom. The third-order valence-corrected chi connectivity index (χ3v) is 7.08. The average molecular weight is 612 g/mol. The summed E-state index contributed by atoms with van der Waals surface area (Å²) in [6, 6.07) is 10.4. The van der Waals surface area contributed by atoms with Gasteiger partial charge in [0.15, 0.2) is 11.5 Å². The highest BCUT2D eigenvalue weighted by Gasteiger charge is 2.47. The molecule has 1 aliphatic carbocycles. The molecule has 0 radical (unpaired) electrons. The Morgan fingerprint density at radius 2 is 1.73 bits per heavy atom. The van der Waals surface area contributed by atoms with Crippen molar-refractivity contribution in [2.75, 3.05) is 13.7 Å². The molecular weight excluding hydrogens is 580 g/mol. The number of aliphatic hydroxyl groups excluding tert-OH is 5. The van der Waals surface area contributed by atoms with E-state index in [1.807, 2.05) is 0 Å². The number of phenolic OH excluding ortho intramolecular Hbond substituents is 2. The summed E-state index contributed by atoms with van der Waals surface area (Å²) in [7, 11) is 1.36. The fourth-order valence-electron chi connectivity index (χ4n) is 4.72. The van der Waals surface area contributed by atoms with Gasteiger partial charge in [0, 0.05) is 24.3 Å². The van der Waals surface area contributed by atoms with Crippen molar-refractivity contribution in [3.8, 4) is 17.2 Å². The van der Waals surface area contributed by atoms with Crippen LogP contribution >= 0.6 is 0 Å². The highest BCUT2D eigenvalue weighted by Crippen LogP contribution is 2.38. The predicted octanol–water partition coefficient (Wildman–Crippen LogP) is 1.59. The zero-order valence-electron chi connectivity index (χ0n) is 23.2. The average Bonchev–Trinajstić information content (AvgIpc) is 3.00. The van der Waals surface area contributed by atoms with Gasteiger partial charge in [0.05, 0.1) is 24.3 Å². The van der Waals surface area contributed by atoms with Crippen molar-refractivity contribution in [2.24, 2.45) is 0 Å². The standard InChI is InChI=1S/C31H30O13/c1-40-23-10-16(5-8-20(23)34)30-24(13-19-21(35)11-18(33)12-22(19)42-30)43-31-29(39)28(38)27(37)25(44-31)14-41-26(36)9-4-15-2-6-17(32)7-3-15/h2-13,22,25,27-29,31-35,37-39H,14H2,1H3/p+1. The Kier molecular flexibility index (Phi) is 8.83. The smallest absolute Gasteiger partial charge is 0.330 e. The van der Waals surface area contributed by atoms with E-state index in [4.69, 9.17) is 18.9 Å². The molecule has 5 rings (SSSR count). The SMILES string of the molecule is COc1cc(C2=C(OC3OC(COC(=O)C=Cc4ccc(O)cc4)C(O)C(O)C3O)C=C3C(O)=CC(O)=CC3[OH+]2)ccc1O. The molecule has 44 heavy (non-hydrogen) atoms. The molecule has 13 heteroatoms. The Hall–Kier alpha value is -4.95. The second-order valence-electron chi connectivity index (χ2n) is 10.1. The lowest BCUT2D eigenvalue weighted by Gasteiger charge is -2.40. The summed E-state index contributed by atoms with van der Waals surface area (Å²) in [5, 5.41) is 71.8. The molecule has 232 valence electrons. The van der Waals surface area contributed by atoms with Crippen LogP contribution < -0.4 is 4.74 Å². The number of fused-ring (bicyclic) bond motifs is 1. The minimum absolute atomic E-state index is 0.0288. The van der Waals surface area contributed by atoms with Crippen LogP contribution in [0.4, 0.5) is 0 Å². The largest absolute Gasteiger partial charge is 0.571 e. The Bertz CT molecular complexity index is 1550. The topological polar surface area (TPSA) is 208 Å². The number of carbonyl (C=O) groups is 1. The number of carbonyl (C=O) groups excluding carboxylic acids is 1. The number of hydrogen-bond acceptors (Lipinski definition) is 12. The summed E-state index contributed by atoms with van der Waals surface area (Å²) >= 11 is 0. The van der Waals surface area contributed by atoms with Gasteiger partial charge >= 0.3 is 11.7 Å². The molecule has 6 atom stereocenters. The van der Waals surface area contributed by atoms with Gasteiger partial charge in [0.25, 0.3) is 0 Å². The highest BCUT2D eigenvalue weighted by atomic mass is 16.7. The Labute approximate surface area is 250 Å². The van der Waals surface area contributed by atoms with E-state index in [1.54, 1.807) is 12.1 Å². The molecule has 1 saturated heterocycles. The van der Waals surface area contributed by atoms with Crippen molar-refractivity contribution < 1.29 is 64.2 Å². The fourth-order valence-corrected chi connectivity index (χ4v) is 4.72. The van der Waals surface area contributed by atoms with Gasteiger partial charge in [0.1, 0.15) is 48.3 Å². The summed E-state index contributed by atoms with van der Waals surface area (Å²) in [6.45, 7) is -0.508. The van der Waals surface area contributed by atoms with E-state index in [-0.39, 0.29) is 45.9 Å². The first-order chi connectivity index (χ1) is 21.0. The molecule has 1 fully saturated rings. The molecule has 0 aromatic heterocycles. The van der Waals surface area contributed by atoms with E-state index >= 15 is 0 Å². The molecule has 13 nitrogen and oxygen atoms in total. The zero-order chi connectivity index (χ0) is 31.5. The van der Waals surface area contributed by atoms with Gasteiger partial charge in [-0.3, -0.25) is 0 Å². The van der Waals surface area contributed by atoms with E-state index in [1.165, 1.54) is 55.7 Å². The number of methoxy groups -OCH3 is 1. The van der Waals surface area contributed by atoms with Crippen LogP contribution in [-0.4, -0.2) is 97.0 Å². The van der Waals surface area contributed by atoms with Gasteiger partial charge in [-0.2, -0.15) is 0 Å². The Morgan fingerprint density at radius 1 is 0.977 bits per heavy atom. The van der Waals surface area contributed by atoms with Crippen LogP contribution in [0.2, 0.25) is 0 Å². The van der Waals surface area contributed by atoms with Crippen LogP contribution in [0.25, 0.3) is 11.8 Å². The van der Waals surface area contributed by atoms with Crippen molar-refractivity contribution in [3.63, 3.8) is 0 Å². The first-order valence-corrected chi connectivity index (χ1v) is 13.4. The van der Waals surface area contributed by atoms with Crippen LogP contribution in [0.1, 0.15) is 11.1 Å². The number of rotatable bonds is 8. The quantitative estimate of drug-likeness (QED) is 0.129. The molecule has 8 N–H and O–H groups in total. The number of aromatic hydroxyl groups is 2. The number of phenols is 2. The molecule has 2 heterocycles. The van der Waals surface area contributed by atoms with Crippen molar-refractivity contribution in [3.05, 3.63) is 101 Å². The molecule has 0 amide bonds. The van der Waals surface area contributed by atoms with Crippen LogP contribution in [0.3, 0.4) is 0 Å². The molecule has 0 saturated carbocycles. The van der Waals surface area contributed by atoms with Crippen molar-refractivity contribution in [1.29, 1.82) is 0 Å². The van der Waals surface area contributed by atoms with E-state index in [9.17, 15) is 40.5 Å². The summed E-state index contributed by atoms with van der Waals surface area (Å²) in [6.07, 6.45) is -2.38. The highest BCUT2D eigenvalue weighted by molar-refractivity contribution is 5.87. The molecular formula is C31H31O13+. The van der Waals surface area contributed by atoms with Crippen LogP contribution in [0, 0.1) is 0 Å². The third-order valence-electron chi connectivity index (χ3n) is 7.08.